The number of nitrogens with zero attached hydrogens (tertiary/aromatic N) is 3. The fraction of sp³-hybridized carbons (Fsp3) is 0.353. The van der Waals surface area contributed by atoms with E-state index >= 15 is 0 Å². The van der Waals surface area contributed by atoms with Crippen LogP contribution in [0.4, 0.5) is 0 Å². The van der Waals surface area contributed by atoms with Crippen LogP contribution in [0, 0.1) is 6.92 Å². The number of halogens is 1. The van der Waals surface area contributed by atoms with Crippen molar-refractivity contribution in [3.8, 4) is 0 Å². The summed E-state index contributed by atoms with van der Waals surface area (Å²) < 4.78 is 10.7. The number of aryl methyl sites for hydroxylation is 1. The molecule has 3 heterocycles. The van der Waals surface area contributed by atoms with Crippen molar-refractivity contribution in [2.75, 3.05) is 19.7 Å². The Labute approximate surface area is 148 Å². The van der Waals surface area contributed by atoms with Gasteiger partial charge in [-0.15, -0.1) is 0 Å². The second-order valence-corrected chi connectivity index (χ2v) is 6.49. The predicted molar refractivity (Wildman–Crippen MR) is 91.3 cm³/mol. The van der Waals surface area contributed by atoms with Crippen molar-refractivity contribution in [2.45, 2.75) is 19.4 Å². The van der Waals surface area contributed by atoms with E-state index in [0.29, 0.717) is 42.9 Å². The van der Waals surface area contributed by atoms with E-state index in [1.807, 2.05) is 24.4 Å². The molecule has 0 bridgehead atoms. The Morgan fingerprint density at radius 3 is 3.16 bits per heavy atom. The van der Waals surface area contributed by atoms with Gasteiger partial charge in [-0.25, -0.2) is 0 Å². The Kier molecular flexibility index (Phi) is 4.19. The molecule has 8 heteroatoms. The van der Waals surface area contributed by atoms with Crippen molar-refractivity contribution in [3.63, 3.8) is 0 Å². The van der Waals surface area contributed by atoms with Crippen molar-refractivity contribution in [1.29, 1.82) is 0 Å². The van der Waals surface area contributed by atoms with E-state index in [1.165, 1.54) is 0 Å². The number of aromatic nitrogens is 3. The lowest BCUT2D eigenvalue weighted by Gasteiger charge is -2.31. The molecular weight excluding hydrogens is 344 g/mol. The van der Waals surface area contributed by atoms with Gasteiger partial charge in [-0.2, -0.15) is 4.98 Å². The maximum Gasteiger partial charge on any atom is 0.227 e. The fourth-order valence-corrected chi connectivity index (χ4v) is 3.22. The lowest BCUT2D eigenvalue weighted by atomic mass is 10.1. The minimum atomic E-state index is -0.354. The number of ether oxygens (including phenoxy) is 1. The highest BCUT2D eigenvalue weighted by Crippen LogP contribution is 2.24. The summed E-state index contributed by atoms with van der Waals surface area (Å²) in [6.45, 7) is 3.14. The highest BCUT2D eigenvalue weighted by Gasteiger charge is 2.28. The minimum absolute atomic E-state index is 0.0365. The smallest absolute Gasteiger partial charge is 0.227 e. The molecule has 130 valence electrons. The molecule has 1 aromatic carbocycles. The molecule has 1 fully saturated rings. The number of rotatable bonds is 3. The Morgan fingerprint density at radius 2 is 2.36 bits per heavy atom. The number of carbonyl (C=O) groups is 1. The summed E-state index contributed by atoms with van der Waals surface area (Å²) >= 11 is 6.07. The van der Waals surface area contributed by atoms with E-state index < -0.39 is 0 Å². The number of hydrogen-bond acceptors (Lipinski definition) is 5. The number of fused-ring (bicyclic) bond motifs is 1. The average Bonchev–Trinajstić information content (AvgIpc) is 3.21. The van der Waals surface area contributed by atoms with Crippen molar-refractivity contribution in [2.24, 2.45) is 0 Å². The molecule has 0 radical (unpaired) electrons. The van der Waals surface area contributed by atoms with Gasteiger partial charge in [0.05, 0.1) is 19.6 Å². The van der Waals surface area contributed by atoms with Gasteiger partial charge in [0.1, 0.15) is 6.10 Å². The van der Waals surface area contributed by atoms with E-state index in [9.17, 15) is 4.79 Å². The maximum atomic E-state index is 12.7. The summed E-state index contributed by atoms with van der Waals surface area (Å²) in [6.07, 6.45) is 1.81. The van der Waals surface area contributed by atoms with Crippen LogP contribution < -0.4 is 0 Å². The van der Waals surface area contributed by atoms with Gasteiger partial charge in [0.25, 0.3) is 0 Å². The highest BCUT2D eigenvalue weighted by molar-refractivity contribution is 6.31. The molecule has 1 saturated heterocycles. The third-order valence-corrected chi connectivity index (χ3v) is 4.56. The van der Waals surface area contributed by atoms with Crippen molar-refractivity contribution < 1.29 is 14.1 Å². The van der Waals surface area contributed by atoms with Crippen LogP contribution in [0.1, 0.15) is 23.4 Å². The van der Waals surface area contributed by atoms with E-state index in [0.717, 1.165) is 16.5 Å². The Hall–Kier alpha value is -2.38. The van der Waals surface area contributed by atoms with Crippen LogP contribution >= 0.6 is 11.6 Å². The third kappa shape index (κ3) is 3.25. The van der Waals surface area contributed by atoms with Crippen molar-refractivity contribution >= 4 is 28.4 Å². The number of H-pyrrole nitrogens is 1. The third-order valence-electron chi connectivity index (χ3n) is 4.32. The van der Waals surface area contributed by atoms with E-state index in [-0.39, 0.29) is 12.0 Å². The Bertz CT molecular complexity index is 920. The summed E-state index contributed by atoms with van der Waals surface area (Å²) in [4.78, 5) is 21.9. The molecule has 1 aliphatic rings. The molecule has 1 unspecified atom stereocenters. The largest absolute Gasteiger partial charge is 0.366 e. The second-order valence-electron chi connectivity index (χ2n) is 6.05. The number of aromatic amines is 1. The van der Waals surface area contributed by atoms with Gasteiger partial charge in [-0.3, -0.25) is 4.79 Å². The summed E-state index contributed by atoms with van der Waals surface area (Å²) in [5.41, 5.74) is 1.90. The summed E-state index contributed by atoms with van der Waals surface area (Å²) in [5.74, 6) is 1.00. The fourth-order valence-electron chi connectivity index (χ4n) is 3.05. The van der Waals surface area contributed by atoms with Gasteiger partial charge in [0.2, 0.25) is 17.6 Å². The maximum absolute atomic E-state index is 12.7. The summed E-state index contributed by atoms with van der Waals surface area (Å²) in [5, 5.41) is 5.52. The quantitative estimate of drug-likeness (QED) is 0.776. The zero-order chi connectivity index (χ0) is 17.4. The zero-order valence-electron chi connectivity index (χ0n) is 13.7. The molecule has 0 saturated carbocycles. The van der Waals surface area contributed by atoms with Gasteiger partial charge >= 0.3 is 0 Å². The van der Waals surface area contributed by atoms with Crippen LogP contribution in [0.2, 0.25) is 5.02 Å². The van der Waals surface area contributed by atoms with Gasteiger partial charge in [0.15, 0.2) is 0 Å². The van der Waals surface area contributed by atoms with Crippen LogP contribution in [0.3, 0.4) is 0 Å². The number of amides is 1. The van der Waals surface area contributed by atoms with Crippen LogP contribution in [0.15, 0.2) is 28.9 Å². The first kappa shape index (κ1) is 16.1. The Balaban J connectivity index is 1.49. The number of benzene rings is 1. The molecule has 1 amide bonds. The first-order chi connectivity index (χ1) is 12.1. The van der Waals surface area contributed by atoms with Gasteiger partial charge in [-0.1, -0.05) is 16.8 Å². The van der Waals surface area contributed by atoms with Crippen molar-refractivity contribution in [3.05, 3.63) is 46.7 Å². The van der Waals surface area contributed by atoms with Gasteiger partial charge in [0, 0.05) is 35.6 Å². The molecule has 0 spiro atoms. The molecule has 1 atom stereocenters. The molecule has 7 nitrogen and oxygen atoms in total. The van der Waals surface area contributed by atoms with Crippen molar-refractivity contribution in [1.82, 2.24) is 20.0 Å². The average molecular weight is 361 g/mol. The lowest BCUT2D eigenvalue weighted by molar-refractivity contribution is -0.138. The topological polar surface area (TPSA) is 84.2 Å². The molecule has 1 aliphatic heterocycles. The standard InChI is InChI=1S/C17H17ClN4O3/c1-10-20-17(21-25-10)15-9-22(4-5-24-15)16(23)6-11-8-19-14-3-2-12(18)7-13(11)14/h2-3,7-8,15,19H,4-6,9H2,1H3. The first-order valence-electron chi connectivity index (χ1n) is 8.05. The van der Waals surface area contributed by atoms with E-state index in [4.69, 9.17) is 20.9 Å². The van der Waals surface area contributed by atoms with E-state index in [2.05, 4.69) is 15.1 Å². The lowest BCUT2D eigenvalue weighted by Crippen LogP contribution is -2.43. The monoisotopic (exact) mass is 360 g/mol. The number of carbonyl (C=O) groups excluding carboxylic acids is 1. The number of hydrogen-bond donors (Lipinski definition) is 1. The first-order valence-corrected chi connectivity index (χ1v) is 8.43. The summed E-state index contributed by atoms with van der Waals surface area (Å²) in [6, 6.07) is 5.61. The normalized spacial score (nSPS) is 18.0. The molecule has 0 aliphatic carbocycles. The van der Waals surface area contributed by atoms with Crippen LogP contribution in [-0.4, -0.2) is 45.6 Å². The van der Waals surface area contributed by atoms with Gasteiger partial charge < -0.3 is 19.1 Å². The molecule has 3 aromatic rings. The Morgan fingerprint density at radius 1 is 1.48 bits per heavy atom. The van der Waals surface area contributed by atoms with E-state index in [1.54, 1.807) is 11.8 Å². The second kappa shape index (κ2) is 6.50. The predicted octanol–water partition coefficient (Wildman–Crippen LogP) is 2.66. The number of morpholine rings is 1. The van der Waals surface area contributed by atoms with Crippen LogP contribution in [-0.2, 0) is 16.0 Å². The minimum Gasteiger partial charge on any atom is -0.366 e. The molecule has 4 rings (SSSR count). The molecule has 2 aromatic heterocycles. The molecule has 1 N–H and O–H groups in total. The molecular formula is C17H17ClN4O3. The zero-order valence-corrected chi connectivity index (χ0v) is 14.4. The summed E-state index contributed by atoms with van der Waals surface area (Å²) in [7, 11) is 0. The van der Waals surface area contributed by atoms with Crippen LogP contribution in [0.5, 0.6) is 0 Å². The SMILES string of the molecule is Cc1nc(C2CN(C(=O)Cc3c[nH]c4ccc(Cl)cc34)CCO2)no1. The number of nitrogens with one attached hydrogen (secondary N) is 1. The highest BCUT2D eigenvalue weighted by atomic mass is 35.5. The van der Waals surface area contributed by atoms with Gasteiger partial charge in [-0.05, 0) is 23.8 Å². The van der Waals surface area contributed by atoms with Crippen LogP contribution in [0.25, 0.3) is 10.9 Å². The molecule has 25 heavy (non-hydrogen) atoms.